The normalized spacial score (nSPS) is 20.6. The average molecular weight is 618 g/mol. The molecule has 0 unspecified atom stereocenters. The van der Waals surface area contributed by atoms with E-state index in [2.05, 4.69) is 90.6 Å². The van der Waals surface area contributed by atoms with Crippen LogP contribution in [0.25, 0.3) is 10.8 Å². The number of carbonyl (C=O) groups is 1. The van der Waals surface area contributed by atoms with Crippen LogP contribution in [0, 0.1) is 35.5 Å². The van der Waals surface area contributed by atoms with Gasteiger partial charge >= 0.3 is 0 Å². The fourth-order valence-corrected chi connectivity index (χ4v) is 7.57. The molecular weight excluding hydrogens is 574 g/mol. The summed E-state index contributed by atoms with van der Waals surface area (Å²) < 4.78 is 6.56. The summed E-state index contributed by atoms with van der Waals surface area (Å²) in [7, 11) is 0. The van der Waals surface area contributed by atoms with Crippen molar-refractivity contribution in [3.63, 3.8) is 0 Å². The van der Waals surface area contributed by atoms with Crippen molar-refractivity contribution in [2.75, 3.05) is 55.6 Å². The minimum atomic E-state index is -0.307. The SMILES string of the molecule is C=CC(=O)N1CCN(c2c(C#N)c(O[C@H](C)CN3CC[C@H](C)C3)nc3c2CCN(c2cccc4cccc(C)c24)C3)C[C@@H]1CC#N. The van der Waals surface area contributed by atoms with Gasteiger partial charge in [0, 0.05) is 55.9 Å². The molecule has 9 heteroatoms. The third kappa shape index (κ3) is 6.12. The Hall–Kier alpha value is -4.60. The van der Waals surface area contributed by atoms with Gasteiger partial charge in [-0.15, -0.1) is 0 Å². The Bertz CT molecular complexity index is 1720. The van der Waals surface area contributed by atoms with Crippen LogP contribution >= 0.6 is 0 Å². The number of aromatic nitrogens is 1. The van der Waals surface area contributed by atoms with Crippen LogP contribution in [0.1, 0.15) is 49.1 Å². The van der Waals surface area contributed by atoms with Gasteiger partial charge in [0.2, 0.25) is 11.8 Å². The van der Waals surface area contributed by atoms with Crippen molar-refractivity contribution in [3.05, 3.63) is 71.4 Å². The van der Waals surface area contributed by atoms with Crippen LogP contribution in [-0.4, -0.2) is 78.7 Å². The molecule has 3 aliphatic heterocycles. The van der Waals surface area contributed by atoms with Gasteiger partial charge < -0.3 is 19.4 Å². The van der Waals surface area contributed by atoms with Crippen molar-refractivity contribution in [2.24, 2.45) is 5.92 Å². The molecular formula is C37H43N7O2. The molecule has 6 rings (SSSR count). The van der Waals surface area contributed by atoms with E-state index in [-0.39, 0.29) is 24.5 Å². The largest absolute Gasteiger partial charge is 0.472 e. The van der Waals surface area contributed by atoms with E-state index in [9.17, 15) is 15.3 Å². The molecule has 3 atom stereocenters. The molecule has 4 heterocycles. The lowest BCUT2D eigenvalue weighted by Gasteiger charge is -2.43. The number of rotatable bonds is 8. The predicted molar refractivity (Wildman–Crippen MR) is 181 cm³/mol. The number of pyridine rings is 1. The number of benzene rings is 2. The van der Waals surface area contributed by atoms with Crippen molar-refractivity contribution in [1.82, 2.24) is 14.8 Å². The van der Waals surface area contributed by atoms with E-state index in [0.717, 1.165) is 43.1 Å². The maximum Gasteiger partial charge on any atom is 0.246 e. The summed E-state index contributed by atoms with van der Waals surface area (Å²) in [5, 5.41) is 22.7. The molecule has 0 spiro atoms. The number of ether oxygens (including phenoxy) is 1. The summed E-state index contributed by atoms with van der Waals surface area (Å²) in [6, 6.07) is 17.3. The standard InChI is InChI=1S/C37H43N7O2/c1-5-34(45)44-19-18-43(23-29(44)12-15-38)36-30-14-17-42(33-11-7-10-28-9-6-8-26(3)35(28)33)24-32(30)40-37(31(36)20-39)46-27(4)22-41-16-13-25(2)21-41/h5-11,25,27,29H,1,12-14,16-19,21-24H2,2-4H3/t25-,27+,29-/m0/s1. The van der Waals surface area contributed by atoms with Crippen molar-refractivity contribution >= 4 is 28.1 Å². The highest BCUT2D eigenvalue weighted by Gasteiger charge is 2.35. The van der Waals surface area contributed by atoms with Crippen LogP contribution in [-0.2, 0) is 17.8 Å². The van der Waals surface area contributed by atoms with Crippen molar-refractivity contribution in [1.29, 1.82) is 10.5 Å². The Kier molecular flexibility index (Phi) is 9.15. The number of hydrogen-bond acceptors (Lipinski definition) is 8. The van der Waals surface area contributed by atoms with Gasteiger partial charge in [-0.1, -0.05) is 43.8 Å². The van der Waals surface area contributed by atoms with Crippen molar-refractivity contribution in [3.8, 4) is 18.0 Å². The maximum absolute atomic E-state index is 12.7. The molecule has 2 saturated heterocycles. The second kappa shape index (κ2) is 13.4. The molecule has 3 aliphatic rings. The number of carbonyl (C=O) groups excluding carboxylic acids is 1. The molecule has 0 radical (unpaired) electrons. The second-order valence-electron chi connectivity index (χ2n) is 13.1. The van der Waals surface area contributed by atoms with E-state index in [1.807, 2.05) is 0 Å². The number of fused-ring (bicyclic) bond motifs is 2. The summed E-state index contributed by atoms with van der Waals surface area (Å²) in [6.45, 7) is 15.8. The van der Waals surface area contributed by atoms with Crippen LogP contribution in [0.15, 0.2) is 49.1 Å². The van der Waals surface area contributed by atoms with Gasteiger partial charge in [0.1, 0.15) is 17.7 Å². The molecule has 0 N–H and O–H groups in total. The van der Waals surface area contributed by atoms with Gasteiger partial charge in [0.25, 0.3) is 0 Å². The topological polar surface area (TPSA) is 99.7 Å². The Balaban J connectivity index is 1.39. The van der Waals surface area contributed by atoms with E-state index in [4.69, 9.17) is 9.72 Å². The summed E-state index contributed by atoms with van der Waals surface area (Å²) in [6.07, 6.45) is 3.27. The summed E-state index contributed by atoms with van der Waals surface area (Å²) in [4.78, 5) is 26.5. The van der Waals surface area contributed by atoms with Gasteiger partial charge in [0.05, 0.1) is 36.5 Å². The third-order valence-corrected chi connectivity index (χ3v) is 9.76. The van der Waals surface area contributed by atoms with Gasteiger partial charge in [-0.3, -0.25) is 9.69 Å². The Morgan fingerprint density at radius 2 is 1.93 bits per heavy atom. The average Bonchev–Trinajstić information content (AvgIpc) is 3.47. The number of piperazine rings is 1. The molecule has 46 heavy (non-hydrogen) atoms. The first-order valence-electron chi connectivity index (χ1n) is 16.4. The number of likely N-dealkylation sites (tertiary alicyclic amines) is 1. The number of anilines is 2. The van der Waals surface area contributed by atoms with Crippen molar-refractivity contribution in [2.45, 2.75) is 58.7 Å². The van der Waals surface area contributed by atoms with E-state index in [1.165, 1.54) is 34.5 Å². The Morgan fingerprint density at radius 1 is 1.13 bits per heavy atom. The number of nitriles is 2. The Labute approximate surface area is 272 Å². The van der Waals surface area contributed by atoms with Crippen LogP contribution < -0.4 is 14.5 Å². The second-order valence-corrected chi connectivity index (χ2v) is 13.1. The highest BCUT2D eigenvalue weighted by molar-refractivity contribution is 5.97. The predicted octanol–water partition coefficient (Wildman–Crippen LogP) is 5.20. The summed E-state index contributed by atoms with van der Waals surface area (Å²) in [5.74, 6) is 0.868. The molecule has 1 amide bonds. The lowest BCUT2D eigenvalue weighted by molar-refractivity contribution is -0.128. The molecule has 2 aromatic carbocycles. The van der Waals surface area contributed by atoms with Gasteiger partial charge in [-0.2, -0.15) is 10.5 Å². The van der Waals surface area contributed by atoms with Gasteiger partial charge in [-0.25, -0.2) is 4.98 Å². The van der Waals surface area contributed by atoms with Gasteiger partial charge in [0.15, 0.2) is 0 Å². The zero-order valence-corrected chi connectivity index (χ0v) is 27.2. The van der Waals surface area contributed by atoms with Crippen LogP contribution in [0.2, 0.25) is 0 Å². The third-order valence-electron chi connectivity index (χ3n) is 9.76. The van der Waals surface area contributed by atoms with E-state index in [1.54, 1.807) is 4.90 Å². The minimum Gasteiger partial charge on any atom is -0.472 e. The van der Waals surface area contributed by atoms with E-state index < -0.39 is 0 Å². The highest BCUT2D eigenvalue weighted by Crippen LogP contribution is 2.40. The highest BCUT2D eigenvalue weighted by atomic mass is 16.5. The first kappa shape index (κ1) is 31.4. The lowest BCUT2D eigenvalue weighted by atomic mass is 9.95. The van der Waals surface area contributed by atoms with E-state index in [0.29, 0.717) is 50.0 Å². The quantitative estimate of drug-likeness (QED) is 0.318. The monoisotopic (exact) mass is 617 g/mol. The van der Waals surface area contributed by atoms with Crippen LogP contribution in [0.4, 0.5) is 11.4 Å². The Morgan fingerprint density at radius 3 is 2.65 bits per heavy atom. The minimum absolute atomic E-state index is 0.149. The summed E-state index contributed by atoms with van der Waals surface area (Å²) in [5.41, 5.74) is 5.65. The molecule has 0 bridgehead atoms. The smallest absolute Gasteiger partial charge is 0.246 e. The molecule has 9 nitrogen and oxygen atoms in total. The molecule has 1 aromatic heterocycles. The lowest BCUT2D eigenvalue weighted by Crippen LogP contribution is -2.55. The number of hydrogen-bond donors (Lipinski definition) is 0. The molecule has 3 aromatic rings. The number of nitrogens with zero attached hydrogens (tertiary/aromatic N) is 7. The fourth-order valence-electron chi connectivity index (χ4n) is 7.57. The zero-order chi connectivity index (χ0) is 32.4. The van der Waals surface area contributed by atoms with E-state index >= 15 is 0 Å². The van der Waals surface area contributed by atoms with Crippen LogP contribution in [0.3, 0.4) is 0 Å². The number of aryl methyl sites for hydroxylation is 1. The molecule has 2 fully saturated rings. The first-order valence-corrected chi connectivity index (χ1v) is 16.4. The summed E-state index contributed by atoms with van der Waals surface area (Å²) >= 11 is 0. The molecule has 0 saturated carbocycles. The zero-order valence-electron chi connectivity index (χ0n) is 27.2. The van der Waals surface area contributed by atoms with Crippen molar-refractivity contribution < 1.29 is 9.53 Å². The fraction of sp³-hybridized carbons (Fsp3) is 0.459. The molecule has 238 valence electrons. The maximum atomic E-state index is 12.7. The molecule has 0 aliphatic carbocycles. The number of amides is 1. The van der Waals surface area contributed by atoms with Gasteiger partial charge in [-0.05, 0) is 62.2 Å². The van der Waals surface area contributed by atoms with Crippen LogP contribution in [0.5, 0.6) is 5.88 Å². The first-order chi connectivity index (χ1) is 22.3.